The van der Waals surface area contributed by atoms with Gasteiger partial charge in [0.15, 0.2) is 11.5 Å². The van der Waals surface area contributed by atoms with E-state index in [0.717, 1.165) is 47.9 Å². The number of methoxy groups -OCH3 is 2. The number of hydrogen-bond donors (Lipinski definition) is 0. The Bertz CT molecular complexity index is 849. The molecule has 134 valence electrons. The molecular weight excluding hydrogens is 322 g/mol. The van der Waals surface area contributed by atoms with Crippen molar-refractivity contribution in [1.29, 1.82) is 5.26 Å². The average molecular weight is 347 g/mol. The van der Waals surface area contributed by atoms with Crippen LogP contribution in [-0.2, 0) is 5.41 Å². The van der Waals surface area contributed by atoms with Crippen LogP contribution in [-0.4, -0.2) is 14.2 Å². The zero-order chi connectivity index (χ0) is 18.6. The summed E-state index contributed by atoms with van der Waals surface area (Å²) in [5.41, 5.74) is 3.92. The molecule has 3 heteroatoms. The van der Waals surface area contributed by atoms with Gasteiger partial charge in [-0.15, -0.1) is 0 Å². The van der Waals surface area contributed by atoms with Gasteiger partial charge in [-0.05, 0) is 47.2 Å². The molecule has 0 saturated carbocycles. The molecule has 0 N–H and O–H groups in total. The van der Waals surface area contributed by atoms with Crippen molar-refractivity contribution in [2.45, 2.75) is 38.0 Å². The summed E-state index contributed by atoms with van der Waals surface area (Å²) >= 11 is 0. The molecule has 1 aliphatic rings. The Hall–Kier alpha value is -2.73. The van der Waals surface area contributed by atoms with Crippen LogP contribution in [0.3, 0.4) is 0 Å². The third kappa shape index (κ3) is 3.08. The lowest BCUT2D eigenvalue weighted by molar-refractivity contribution is 0.352. The quantitative estimate of drug-likeness (QED) is 0.694. The fourth-order valence-corrected chi connectivity index (χ4v) is 3.76. The van der Waals surface area contributed by atoms with E-state index in [9.17, 15) is 5.26 Å². The Labute approximate surface area is 155 Å². The van der Waals surface area contributed by atoms with Gasteiger partial charge in [-0.2, -0.15) is 5.26 Å². The first-order valence-corrected chi connectivity index (χ1v) is 9.12. The molecule has 0 aromatic heterocycles. The maximum atomic E-state index is 10.1. The third-order valence-electron chi connectivity index (χ3n) is 5.24. The van der Waals surface area contributed by atoms with E-state index in [2.05, 4.69) is 31.2 Å². The Balaban J connectivity index is 2.23. The topological polar surface area (TPSA) is 42.2 Å². The zero-order valence-corrected chi connectivity index (χ0v) is 15.7. The van der Waals surface area contributed by atoms with Crippen LogP contribution in [0, 0.1) is 11.3 Å². The number of rotatable bonds is 6. The maximum absolute atomic E-state index is 10.1. The average Bonchev–Trinajstić information content (AvgIpc) is 2.71. The van der Waals surface area contributed by atoms with Gasteiger partial charge < -0.3 is 9.47 Å². The monoisotopic (exact) mass is 347 g/mol. The first-order valence-electron chi connectivity index (χ1n) is 9.12. The van der Waals surface area contributed by atoms with Gasteiger partial charge in [0.2, 0.25) is 0 Å². The van der Waals surface area contributed by atoms with E-state index < -0.39 is 5.41 Å². The fourth-order valence-electron chi connectivity index (χ4n) is 3.76. The van der Waals surface area contributed by atoms with E-state index in [1.54, 1.807) is 14.2 Å². The van der Waals surface area contributed by atoms with Crippen LogP contribution in [0.15, 0.2) is 48.5 Å². The van der Waals surface area contributed by atoms with Gasteiger partial charge in [0.05, 0.1) is 25.7 Å². The number of nitriles is 1. The third-order valence-corrected chi connectivity index (χ3v) is 5.24. The Morgan fingerprint density at radius 3 is 2.38 bits per heavy atom. The maximum Gasteiger partial charge on any atom is 0.161 e. The van der Waals surface area contributed by atoms with E-state index in [1.807, 2.05) is 30.3 Å². The molecule has 0 bridgehead atoms. The fraction of sp³-hybridized carbons (Fsp3) is 0.348. The van der Waals surface area contributed by atoms with Crippen molar-refractivity contribution in [1.82, 2.24) is 0 Å². The number of ether oxygens (including phenoxy) is 2. The minimum absolute atomic E-state index is 0.511. The molecule has 0 radical (unpaired) electrons. The molecule has 26 heavy (non-hydrogen) atoms. The molecule has 1 aliphatic carbocycles. The molecular formula is C23H25NO2. The van der Waals surface area contributed by atoms with Crippen molar-refractivity contribution in [3.05, 3.63) is 65.2 Å². The second-order valence-electron chi connectivity index (χ2n) is 6.74. The highest BCUT2D eigenvalue weighted by Crippen LogP contribution is 2.47. The molecule has 0 spiro atoms. The molecule has 0 fully saturated rings. The molecule has 0 heterocycles. The highest BCUT2D eigenvalue weighted by atomic mass is 16.5. The molecule has 3 nitrogen and oxygen atoms in total. The molecule has 1 unspecified atom stereocenters. The molecule has 3 rings (SSSR count). The number of nitrogens with zero attached hydrogens (tertiary/aromatic N) is 1. The number of unbranched alkanes of at least 4 members (excludes halogenated alkanes) is 1. The van der Waals surface area contributed by atoms with E-state index >= 15 is 0 Å². The summed E-state index contributed by atoms with van der Waals surface area (Å²) in [6.45, 7) is 2.16. The smallest absolute Gasteiger partial charge is 0.161 e. The predicted octanol–water partition coefficient (Wildman–Crippen LogP) is 5.49. The van der Waals surface area contributed by atoms with Crippen molar-refractivity contribution >= 4 is 5.57 Å². The first kappa shape index (κ1) is 18.1. The molecule has 0 amide bonds. The number of allylic oxidation sites excluding steroid dienone is 1. The highest BCUT2D eigenvalue weighted by Gasteiger charge is 2.38. The standard InChI is InChI=1S/C23H25NO2/c1-4-5-12-23(16-24)13-11-18(17-9-7-6-8-10-17)19-14-21(25-2)22(26-3)15-20(19)23/h6-11,14-15H,4-5,12-13H2,1-3H3. The van der Waals surface area contributed by atoms with Gasteiger partial charge in [-0.1, -0.05) is 56.2 Å². The van der Waals surface area contributed by atoms with Crippen LogP contribution in [0.2, 0.25) is 0 Å². The van der Waals surface area contributed by atoms with Crippen LogP contribution in [0.25, 0.3) is 5.57 Å². The van der Waals surface area contributed by atoms with Crippen molar-refractivity contribution in [3.63, 3.8) is 0 Å². The minimum Gasteiger partial charge on any atom is -0.493 e. The summed E-state index contributed by atoms with van der Waals surface area (Å²) in [6, 6.07) is 17.0. The molecule has 2 aromatic rings. The summed E-state index contributed by atoms with van der Waals surface area (Å²) in [4.78, 5) is 0. The lowest BCUT2D eigenvalue weighted by Crippen LogP contribution is -2.28. The molecule has 0 saturated heterocycles. The van der Waals surface area contributed by atoms with Crippen molar-refractivity contribution in [3.8, 4) is 17.6 Å². The van der Waals surface area contributed by atoms with Crippen LogP contribution in [0.4, 0.5) is 0 Å². The van der Waals surface area contributed by atoms with Crippen LogP contribution in [0.1, 0.15) is 49.3 Å². The molecule has 2 aromatic carbocycles. The SMILES string of the molecule is CCCCC1(C#N)CC=C(c2ccccc2)c2cc(OC)c(OC)cc21. The Morgan fingerprint density at radius 2 is 1.77 bits per heavy atom. The van der Waals surface area contributed by atoms with Gasteiger partial charge in [0.1, 0.15) is 0 Å². The van der Waals surface area contributed by atoms with Crippen LogP contribution < -0.4 is 9.47 Å². The Morgan fingerprint density at radius 1 is 1.08 bits per heavy atom. The number of hydrogen-bond acceptors (Lipinski definition) is 3. The van der Waals surface area contributed by atoms with Gasteiger partial charge >= 0.3 is 0 Å². The van der Waals surface area contributed by atoms with E-state index in [0.29, 0.717) is 11.5 Å². The lowest BCUT2D eigenvalue weighted by Gasteiger charge is -2.34. The minimum atomic E-state index is -0.511. The van der Waals surface area contributed by atoms with Gasteiger partial charge in [-0.25, -0.2) is 0 Å². The normalized spacial score (nSPS) is 18.5. The lowest BCUT2D eigenvalue weighted by atomic mass is 9.68. The van der Waals surface area contributed by atoms with E-state index in [1.165, 1.54) is 0 Å². The van der Waals surface area contributed by atoms with Crippen molar-refractivity contribution in [2.75, 3.05) is 14.2 Å². The molecule has 0 aliphatic heterocycles. The predicted molar refractivity (Wildman–Crippen MR) is 105 cm³/mol. The summed E-state index contributed by atoms with van der Waals surface area (Å²) in [5, 5.41) is 10.1. The molecule has 1 atom stereocenters. The number of benzene rings is 2. The van der Waals surface area contributed by atoms with Gasteiger partial charge in [0, 0.05) is 0 Å². The van der Waals surface area contributed by atoms with Crippen LogP contribution in [0.5, 0.6) is 11.5 Å². The summed E-state index contributed by atoms with van der Waals surface area (Å²) in [6.07, 6.45) is 5.87. The summed E-state index contributed by atoms with van der Waals surface area (Å²) in [5.74, 6) is 1.37. The van der Waals surface area contributed by atoms with Crippen molar-refractivity contribution < 1.29 is 9.47 Å². The second kappa shape index (κ2) is 7.66. The van der Waals surface area contributed by atoms with E-state index in [-0.39, 0.29) is 0 Å². The summed E-state index contributed by atoms with van der Waals surface area (Å²) in [7, 11) is 3.29. The van der Waals surface area contributed by atoms with Gasteiger partial charge in [0.25, 0.3) is 0 Å². The Kier molecular flexibility index (Phi) is 5.32. The largest absolute Gasteiger partial charge is 0.493 e. The second-order valence-corrected chi connectivity index (χ2v) is 6.74. The van der Waals surface area contributed by atoms with Gasteiger partial charge in [-0.3, -0.25) is 0 Å². The summed E-state index contributed by atoms with van der Waals surface area (Å²) < 4.78 is 11.1. The highest BCUT2D eigenvalue weighted by molar-refractivity contribution is 5.85. The van der Waals surface area contributed by atoms with E-state index in [4.69, 9.17) is 9.47 Å². The number of fused-ring (bicyclic) bond motifs is 1. The zero-order valence-electron chi connectivity index (χ0n) is 15.7. The van der Waals surface area contributed by atoms with Crippen molar-refractivity contribution in [2.24, 2.45) is 0 Å². The van der Waals surface area contributed by atoms with Crippen LogP contribution >= 0.6 is 0 Å². The first-order chi connectivity index (χ1) is 12.7.